The first-order valence-corrected chi connectivity index (χ1v) is 9.50. The van der Waals surface area contributed by atoms with E-state index in [1.165, 1.54) is 11.1 Å². The molecule has 27 heavy (non-hydrogen) atoms. The minimum atomic E-state index is -0.908. The number of amides is 1. The molecule has 0 aromatic heterocycles. The highest BCUT2D eigenvalue weighted by atomic mass is 16.4. The van der Waals surface area contributed by atoms with E-state index in [0.29, 0.717) is 18.7 Å². The van der Waals surface area contributed by atoms with E-state index in [-0.39, 0.29) is 11.8 Å². The molecule has 1 N–H and O–H groups in total. The number of carboxylic acids is 1. The van der Waals surface area contributed by atoms with Crippen molar-refractivity contribution in [2.45, 2.75) is 31.8 Å². The molecule has 1 fully saturated rings. The third-order valence-electron chi connectivity index (χ3n) is 5.64. The van der Waals surface area contributed by atoms with E-state index in [9.17, 15) is 14.7 Å². The molecule has 1 amide bonds. The van der Waals surface area contributed by atoms with Crippen LogP contribution < -0.4 is 0 Å². The van der Waals surface area contributed by atoms with Gasteiger partial charge in [-0.25, -0.2) is 4.79 Å². The molecule has 2 heterocycles. The van der Waals surface area contributed by atoms with Crippen molar-refractivity contribution in [2.24, 2.45) is 0 Å². The van der Waals surface area contributed by atoms with Crippen molar-refractivity contribution in [3.63, 3.8) is 0 Å². The van der Waals surface area contributed by atoms with Gasteiger partial charge in [0.15, 0.2) is 0 Å². The Morgan fingerprint density at radius 1 is 1.04 bits per heavy atom. The van der Waals surface area contributed by atoms with Gasteiger partial charge in [-0.05, 0) is 41.7 Å². The summed E-state index contributed by atoms with van der Waals surface area (Å²) in [6.07, 6.45) is 1.94. The van der Waals surface area contributed by atoms with E-state index in [1.807, 2.05) is 23.1 Å². The number of fused-ring (bicyclic) bond motifs is 1. The molecular weight excluding hydrogens is 340 g/mol. The summed E-state index contributed by atoms with van der Waals surface area (Å²) in [5.74, 6) is -0.533. The molecule has 0 saturated carbocycles. The SMILES string of the molecule is O=C(O)c1cccc([C@H]2CCCN(C(=O)CN3Cc4ccccc4C3)C2)c1. The summed E-state index contributed by atoms with van der Waals surface area (Å²) in [6.45, 7) is 3.56. The Labute approximate surface area is 159 Å². The molecule has 0 unspecified atom stereocenters. The number of hydrogen-bond donors (Lipinski definition) is 1. The van der Waals surface area contributed by atoms with Crippen molar-refractivity contribution >= 4 is 11.9 Å². The lowest BCUT2D eigenvalue weighted by molar-refractivity contribution is -0.133. The maximum Gasteiger partial charge on any atom is 0.335 e. The van der Waals surface area contributed by atoms with Crippen molar-refractivity contribution in [3.05, 3.63) is 70.8 Å². The number of carbonyl (C=O) groups excluding carboxylic acids is 1. The van der Waals surface area contributed by atoms with E-state index in [2.05, 4.69) is 17.0 Å². The van der Waals surface area contributed by atoms with E-state index >= 15 is 0 Å². The lowest BCUT2D eigenvalue weighted by atomic mass is 9.89. The first-order valence-electron chi connectivity index (χ1n) is 9.50. The molecule has 2 aliphatic rings. The number of aromatic carboxylic acids is 1. The number of nitrogens with zero attached hydrogens (tertiary/aromatic N) is 2. The van der Waals surface area contributed by atoms with E-state index in [0.717, 1.165) is 38.0 Å². The molecular formula is C22H24N2O3. The Hall–Kier alpha value is -2.66. The van der Waals surface area contributed by atoms with Crippen LogP contribution in [0.5, 0.6) is 0 Å². The molecule has 2 aliphatic heterocycles. The Morgan fingerprint density at radius 3 is 2.48 bits per heavy atom. The summed E-state index contributed by atoms with van der Waals surface area (Å²) < 4.78 is 0. The molecule has 0 spiro atoms. The average molecular weight is 364 g/mol. The van der Waals surface area contributed by atoms with Crippen molar-refractivity contribution in [1.82, 2.24) is 9.80 Å². The predicted octanol–water partition coefficient (Wildman–Crippen LogP) is 3.11. The average Bonchev–Trinajstić information content (AvgIpc) is 3.10. The second kappa shape index (κ2) is 7.53. The lowest BCUT2D eigenvalue weighted by Gasteiger charge is -2.34. The lowest BCUT2D eigenvalue weighted by Crippen LogP contribution is -2.43. The van der Waals surface area contributed by atoms with E-state index in [1.54, 1.807) is 18.2 Å². The fourth-order valence-electron chi connectivity index (χ4n) is 4.21. The maximum atomic E-state index is 12.8. The zero-order valence-electron chi connectivity index (χ0n) is 15.3. The topological polar surface area (TPSA) is 60.9 Å². The van der Waals surface area contributed by atoms with Crippen LogP contribution in [0.1, 0.15) is 45.8 Å². The van der Waals surface area contributed by atoms with Gasteiger partial charge in [0, 0.05) is 32.1 Å². The minimum Gasteiger partial charge on any atom is -0.478 e. The normalized spacial score (nSPS) is 19.7. The van der Waals surface area contributed by atoms with Gasteiger partial charge in [0.1, 0.15) is 0 Å². The summed E-state index contributed by atoms with van der Waals surface area (Å²) in [4.78, 5) is 28.2. The third kappa shape index (κ3) is 3.88. The van der Waals surface area contributed by atoms with Gasteiger partial charge < -0.3 is 10.0 Å². The van der Waals surface area contributed by atoms with Crippen LogP contribution in [0, 0.1) is 0 Å². The molecule has 1 atom stereocenters. The number of carboxylic acid groups (broad SMARTS) is 1. The van der Waals surface area contributed by atoms with Crippen molar-refractivity contribution in [2.75, 3.05) is 19.6 Å². The highest BCUT2D eigenvalue weighted by Crippen LogP contribution is 2.28. The number of rotatable bonds is 4. The summed E-state index contributed by atoms with van der Waals surface area (Å²) in [5, 5.41) is 9.21. The van der Waals surface area contributed by atoms with Gasteiger partial charge in [-0.15, -0.1) is 0 Å². The zero-order chi connectivity index (χ0) is 18.8. The van der Waals surface area contributed by atoms with Crippen LogP contribution in [0.25, 0.3) is 0 Å². The first-order chi connectivity index (χ1) is 13.1. The number of hydrogen-bond acceptors (Lipinski definition) is 3. The van der Waals surface area contributed by atoms with Crippen LogP contribution >= 0.6 is 0 Å². The third-order valence-corrected chi connectivity index (χ3v) is 5.64. The molecule has 0 bridgehead atoms. The number of piperidine rings is 1. The molecule has 2 aromatic rings. The molecule has 2 aromatic carbocycles. The summed E-state index contributed by atoms with van der Waals surface area (Å²) in [5.41, 5.74) is 3.95. The molecule has 1 saturated heterocycles. The summed E-state index contributed by atoms with van der Waals surface area (Å²) in [6, 6.07) is 15.5. The van der Waals surface area contributed by atoms with Gasteiger partial charge in [-0.1, -0.05) is 36.4 Å². The summed E-state index contributed by atoms with van der Waals surface area (Å²) in [7, 11) is 0. The van der Waals surface area contributed by atoms with Gasteiger partial charge in [-0.3, -0.25) is 9.69 Å². The fourth-order valence-corrected chi connectivity index (χ4v) is 4.21. The second-order valence-electron chi connectivity index (χ2n) is 7.52. The van der Waals surface area contributed by atoms with Gasteiger partial charge in [-0.2, -0.15) is 0 Å². The highest BCUT2D eigenvalue weighted by Gasteiger charge is 2.28. The van der Waals surface area contributed by atoms with Crippen LogP contribution in [0.3, 0.4) is 0 Å². The number of likely N-dealkylation sites (tertiary alicyclic amines) is 1. The Kier molecular flexibility index (Phi) is 4.94. The number of benzene rings is 2. The summed E-state index contributed by atoms with van der Waals surface area (Å²) >= 11 is 0. The molecule has 5 nitrogen and oxygen atoms in total. The van der Waals surface area contributed by atoms with Crippen LogP contribution in [0.2, 0.25) is 0 Å². The molecule has 4 rings (SSSR count). The largest absolute Gasteiger partial charge is 0.478 e. The predicted molar refractivity (Wildman–Crippen MR) is 103 cm³/mol. The second-order valence-corrected chi connectivity index (χ2v) is 7.52. The molecule has 0 aliphatic carbocycles. The first kappa shape index (κ1) is 17.7. The van der Waals surface area contributed by atoms with Crippen molar-refractivity contribution in [1.29, 1.82) is 0 Å². The van der Waals surface area contributed by atoms with Gasteiger partial charge in [0.05, 0.1) is 12.1 Å². The van der Waals surface area contributed by atoms with Gasteiger partial charge >= 0.3 is 5.97 Å². The Balaban J connectivity index is 1.39. The van der Waals surface area contributed by atoms with Crippen LogP contribution in [-0.2, 0) is 17.9 Å². The smallest absolute Gasteiger partial charge is 0.335 e. The molecule has 140 valence electrons. The molecule has 0 radical (unpaired) electrons. The van der Waals surface area contributed by atoms with E-state index in [4.69, 9.17) is 0 Å². The van der Waals surface area contributed by atoms with Crippen molar-refractivity contribution < 1.29 is 14.7 Å². The van der Waals surface area contributed by atoms with Crippen LogP contribution in [0.4, 0.5) is 0 Å². The van der Waals surface area contributed by atoms with Gasteiger partial charge in [0.25, 0.3) is 0 Å². The van der Waals surface area contributed by atoms with E-state index < -0.39 is 5.97 Å². The Morgan fingerprint density at radius 2 is 1.78 bits per heavy atom. The van der Waals surface area contributed by atoms with Crippen LogP contribution in [-0.4, -0.2) is 46.4 Å². The van der Waals surface area contributed by atoms with Crippen LogP contribution in [0.15, 0.2) is 48.5 Å². The molecule has 5 heteroatoms. The van der Waals surface area contributed by atoms with Gasteiger partial charge in [0.2, 0.25) is 5.91 Å². The highest BCUT2D eigenvalue weighted by molar-refractivity contribution is 5.87. The minimum absolute atomic E-state index is 0.168. The number of carbonyl (C=O) groups is 2. The quantitative estimate of drug-likeness (QED) is 0.906. The van der Waals surface area contributed by atoms with Crippen molar-refractivity contribution in [3.8, 4) is 0 Å². The maximum absolute atomic E-state index is 12.8. The fraction of sp³-hybridized carbons (Fsp3) is 0.364. The Bertz CT molecular complexity index is 839. The zero-order valence-corrected chi connectivity index (χ0v) is 15.3. The standard InChI is InChI=1S/C22H24N2O3/c25-21(15-23-12-18-5-1-2-6-19(18)13-23)24-10-4-9-20(14-24)16-7-3-8-17(11-16)22(26)27/h1-3,5-8,11,20H,4,9-10,12-15H2,(H,26,27)/t20-/m0/s1. The monoisotopic (exact) mass is 364 g/mol.